The first-order chi connectivity index (χ1) is 11.9. The molecule has 0 aliphatic carbocycles. The lowest BCUT2D eigenvalue weighted by molar-refractivity contribution is -0.130. The second-order valence-corrected chi connectivity index (χ2v) is 7.55. The Morgan fingerprint density at radius 2 is 2.04 bits per heavy atom. The van der Waals surface area contributed by atoms with Crippen molar-refractivity contribution in [1.29, 1.82) is 0 Å². The van der Waals surface area contributed by atoms with E-state index < -0.39 is 44.8 Å². The zero-order chi connectivity index (χ0) is 20.2. The maximum absolute atomic E-state index is 12.2. The lowest BCUT2D eigenvalue weighted by atomic mass is 9.93. The summed E-state index contributed by atoms with van der Waals surface area (Å²) >= 11 is 0. The first-order valence-corrected chi connectivity index (χ1v) is 9.29. The van der Waals surface area contributed by atoms with E-state index in [-0.39, 0.29) is 12.3 Å². The molecule has 0 aromatic carbocycles. The quantitative estimate of drug-likeness (QED) is 0.430. The molecule has 0 spiro atoms. The zero-order valence-electron chi connectivity index (χ0n) is 14.5. The van der Waals surface area contributed by atoms with Crippen molar-refractivity contribution >= 4 is 27.8 Å². The second-order valence-electron chi connectivity index (χ2n) is 6.04. The summed E-state index contributed by atoms with van der Waals surface area (Å²) < 4.78 is 33.6. The lowest BCUT2D eigenvalue weighted by Crippen LogP contribution is -2.50. The van der Waals surface area contributed by atoms with Gasteiger partial charge < -0.3 is 10.6 Å². The average Bonchev–Trinajstić information content (AvgIpc) is 2.89. The Balaban J connectivity index is 3.23. The van der Waals surface area contributed by atoms with E-state index in [0.717, 1.165) is 6.08 Å². The molecule has 1 saturated heterocycles. The molecule has 3 unspecified atom stereocenters. The topological polar surface area (TPSA) is 138 Å². The fraction of sp³-hybridized carbons (Fsp3) is 0.438. The van der Waals surface area contributed by atoms with Crippen molar-refractivity contribution in [2.75, 3.05) is 6.54 Å². The van der Waals surface area contributed by atoms with E-state index in [0.29, 0.717) is 17.9 Å². The van der Waals surface area contributed by atoms with Crippen molar-refractivity contribution in [1.82, 2.24) is 9.80 Å². The minimum Gasteiger partial charge on any atom is -0.364 e. The largest absolute Gasteiger partial charge is 0.364 e. The summed E-state index contributed by atoms with van der Waals surface area (Å²) in [4.78, 5) is 37.7. The van der Waals surface area contributed by atoms with Crippen LogP contribution in [0.2, 0.25) is 0 Å². The Morgan fingerprint density at radius 1 is 1.46 bits per heavy atom. The third-order valence-electron chi connectivity index (χ3n) is 4.26. The molecule has 10 heteroatoms. The first kappa shape index (κ1) is 21.6. The van der Waals surface area contributed by atoms with E-state index in [1.165, 1.54) is 18.0 Å². The van der Waals surface area contributed by atoms with Crippen LogP contribution < -0.4 is 5.73 Å². The van der Waals surface area contributed by atoms with Gasteiger partial charge in [0, 0.05) is 12.5 Å². The first-order valence-electron chi connectivity index (χ1n) is 7.79. The van der Waals surface area contributed by atoms with Crippen LogP contribution in [0.25, 0.3) is 0 Å². The summed E-state index contributed by atoms with van der Waals surface area (Å²) in [5.74, 6) is -3.72. The van der Waals surface area contributed by atoms with Gasteiger partial charge in [-0.25, -0.2) is 0 Å². The number of hydrogen-bond acceptors (Lipinski definition) is 5. The summed E-state index contributed by atoms with van der Waals surface area (Å²) in [7, 11) is -4.83. The van der Waals surface area contributed by atoms with Crippen LogP contribution in [0.4, 0.5) is 0 Å². The molecular formula is C16H23N3O6S. The van der Waals surface area contributed by atoms with E-state index in [2.05, 4.69) is 19.7 Å². The molecule has 1 rings (SSSR count). The Bertz CT molecular complexity index is 745. The Morgan fingerprint density at radius 3 is 2.42 bits per heavy atom. The summed E-state index contributed by atoms with van der Waals surface area (Å²) in [6.45, 7) is 12.0. The van der Waals surface area contributed by atoms with Crippen molar-refractivity contribution < 1.29 is 27.4 Å². The van der Waals surface area contributed by atoms with Gasteiger partial charge in [0.2, 0.25) is 5.91 Å². The van der Waals surface area contributed by atoms with Crippen LogP contribution in [0.5, 0.6) is 0 Å². The Labute approximate surface area is 152 Å². The third kappa shape index (κ3) is 4.58. The molecule has 0 saturated carbocycles. The van der Waals surface area contributed by atoms with Gasteiger partial charge in [0.15, 0.2) is 5.37 Å². The van der Waals surface area contributed by atoms with Crippen LogP contribution in [0.3, 0.4) is 0 Å². The van der Waals surface area contributed by atoms with Crippen LogP contribution >= 0.6 is 0 Å². The van der Waals surface area contributed by atoms with Crippen LogP contribution in [0, 0.1) is 11.8 Å². The molecule has 0 bridgehead atoms. The highest BCUT2D eigenvalue weighted by Gasteiger charge is 2.42. The predicted molar refractivity (Wildman–Crippen MR) is 94.5 cm³/mol. The van der Waals surface area contributed by atoms with Crippen LogP contribution in [-0.4, -0.2) is 52.4 Å². The fourth-order valence-electron chi connectivity index (χ4n) is 3.04. The number of hydrogen-bond donors (Lipinski definition) is 2. The maximum Gasteiger partial charge on any atom is 0.287 e. The van der Waals surface area contributed by atoms with Gasteiger partial charge in [0.1, 0.15) is 5.70 Å². The lowest BCUT2D eigenvalue weighted by Gasteiger charge is -2.33. The summed E-state index contributed by atoms with van der Waals surface area (Å²) in [6.07, 6.45) is 2.69. The van der Waals surface area contributed by atoms with Crippen LogP contribution in [0.1, 0.15) is 19.8 Å². The second kappa shape index (κ2) is 8.28. The molecule has 0 radical (unpaired) electrons. The molecule has 0 aromatic rings. The normalized spacial score (nSPS) is 19.5. The molecule has 9 nitrogen and oxygen atoms in total. The molecule has 3 amide bonds. The molecule has 26 heavy (non-hydrogen) atoms. The van der Waals surface area contributed by atoms with E-state index in [4.69, 9.17) is 5.73 Å². The minimum absolute atomic E-state index is 0.0561. The highest BCUT2D eigenvalue weighted by atomic mass is 32.2. The smallest absolute Gasteiger partial charge is 0.287 e. The molecule has 1 aliphatic rings. The molecule has 1 heterocycles. The minimum atomic E-state index is -4.83. The van der Waals surface area contributed by atoms with Crippen LogP contribution in [0.15, 0.2) is 37.7 Å². The van der Waals surface area contributed by atoms with Crippen molar-refractivity contribution in [3.8, 4) is 0 Å². The Kier molecular flexibility index (Phi) is 6.87. The standard InChI is InChI=1S/C16H23N3O6S/c1-5-13(20)19(11(4)14(17)21)16(26(23,24)25)10(3)9-12-7-8-18(6-2)15(12)22/h5-6,10,12,16H,1-2,4,7-9H2,3H3,(H2,17,21)(H,23,24,25). The number of rotatable bonds is 9. The molecule has 1 fully saturated rings. The van der Waals surface area contributed by atoms with Gasteiger partial charge in [-0.05, 0) is 31.0 Å². The van der Waals surface area contributed by atoms with E-state index >= 15 is 0 Å². The van der Waals surface area contributed by atoms with E-state index in [1.807, 2.05) is 0 Å². The summed E-state index contributed by atoms with van der Waals surface area (Å²) in [5, 5.41) is -1.83. The monoisotopic (exact) mass is 385 g/mol. The molecule has 3 atom stereocenters. The third-order valence-corrected chi connectivity index (χ3v) is 5.55. The SMILES string of the molecule is C=CC(=O)N(C(=C)C(N)=O)C(C(C)CC1CCN(C=C)C1=O)S(=O)(=O)O. The predicted octanol–water partition coefficient (Wildman–Crippen LogP) is 0.232. The molecule has 0 aromatic heterocycles. The van der Waals surface area contributed by atoms with Gasteiger partial charge in [-0.2, -0.15) is 8.42 Å². The molecule has 3 N–H and O–H groups in total. The van der Waals surface area contributed by atoms with E-state index in [9.17, 15) is 27.4 Å². The number of nitrogens with zero attached hydrogens (tertiary/aromatic N) is 2. The van der Waals surface area contributed by atoms with Crippen molar-refractivity contribution in [3.05, 3.63) is 37.7 Å². The average molecular weight is 385 g/mol. The number of carbonyl (C=O) groups is 3. The number of primary amides is 1. The molecule has 1 aliphatic heterocycles. The maximum atomic E-state index is 12.2. The fourth-order valence-corrected chi connectivity index (χ4v) is 4.23. The van der Waals surface area contributed by atoms with E-state index in [1.54, 1.807) is 0 Å². The van der Waals surface area contributed by atoms with Gasteiger partial charge in [0.25, 0.3) is 21.9 Å². The van der Waals surface area contributed by atoms with Crippen LogP contribution in [-0.2, 0) is 24.5 Å². The Hall–Kier alpha value is -2.46. The van der Waals surface area contributed by atoms with Crippen molar-refractivity contribution in [2.24, 2.45) is 17.6 Å². The number of likely N-dealkylation sites (tertiary alicyclic amines) is 1. The molecule has 144 valence electrons. The van der Waals surface area contributed by atoms with Gasteiger partial charge in [-0.15, -0.1) is 0 Å². The van der Waals surface area contributed by atoms with Crippen molar-refractivity contribution in [2.45, 2.75) is 25.1 Å². The van der Waals surface area contributed by atoms with Gasteiger partial charge in [0.05, 0.1) is 0 Å². The van der Waals surface area contributed by atoms with Gasteiger partial charge in [-0.3, -0.25) is 23.8 Å². The highest BCUT2D eigenvalue weighted by molar-refractivity contribution is 7.86. The van der Waals surface area contributed by atoms with Crippen molar-refractivity contribution in [3.63, 3.8) is 0 Å². The van der Waals surface area contributed by atoms with Gasteiger partial charge in [-0.1, -0.05) is 26.7 Å². The summed E-state index contributed by atoms with van der Waals surface area (Å²) in [6, 6.07) is 0. The summed E-state index contributed by atoms with van der Waals surface area (Å²) in [5.41, 5.74) is 4.52. The number of carbonyl (C=O) groups excluding carboxylic acids is 3. The zero-order valence-corrected chi connectivity index (χ0v) is 15.3. The van der Waals surface area contributed by atoms with Gasteiger partial charge >= 0.3 is 0 Å². The molecular weight excluding hydrogens is 362 g/mol. The highest BCUT2D eigenvalue weighted by Crippen LogP contribution is 2.31. The number of nitrogens with two attached hydrogens (primary N) is 1. The number of amides is 3.